The minimum Gasteiger partial charge on any atom is -0.507 e. The molecule has 0 aliphatic carbocycles. The van der Waals surface area contributed by atoms with E-state index < -0.39 is 17.7 Å². The SMILES string of the molecule is COc1ccc([C@@H]2CC(=O)c3c(O)cc(OCc4cn(CC(=O)c5ccccc5F)nn4)cc3O2)cc1O. The van der Waals surface area contributed by atoms with Crippen LogP contribution in [0.3, 0.4) is 0 Å². The lowest BCUT2D eigenvalue weighted by Gasteiger charge is -2.26. The van der Waals surface area contributed by atoms with Crippen LogP contribution >= 0.6 is 0 Å². The fourth-order valence-electron chi connectivity index (χ4n) is 4.15. The summed E-state index contributed by atoms with van der Waals surface area (Å²) in [6.07, 6.45) is 0.776. The zero-order chi connectivity index (χ0) is 26.8. The van der Waals surface area contributed by atoms with Crippen LogP contribution in [0.1, 0.15) is 44.5 Å². The molecule has 2 heterocycles. The number of carbonyl (C=O) groups is 2. The Morgan fingerprint density at radius 1 is 1.16 bits per heavy atom. The third kappa shape index (κ3) is 4.99. The first kappa shape index (κ1) is 24.8. The second kappa shape index (κ2) is 10.2. The number of fused-ring (bicyclic) bond motifs is 1. The van der Waals surface area contributed by atoms with Gasteiger partial charge in [-0.05, 0) is 29.8 Å². The molecule has 0 saturated carbocycles. The van der Waals surface area contributed by atoms with Crippen molar-refractivity contribution in [1.29, 1.82) is 0 Å². The Labute approximate surface area is 215 Å². The van der Waals surface area contributed by atoms with E-state index in [0.29, 0.717) is 11.3 Å². The number of rotatable bonds is 8. The number of aromatic nitrogens is 3. The van der Waals surface area contributed by atoms with Crippen LogP contribution in [0.25, 0.3) is 0 Å². The topological polar surface area (TPSA) is 133 Å². The van der Waals surface area contributed by atoms with Gasteiger partial charge < -0.3 is 24.4 Å². The molecule has 5 rings (SSSR count). The van der Waals surface area contributed by atoms with Gasteiger partial charge in [0.1, 0.15) is 53.6 Å². The smallest absolute Gasteiger partial charge is 0.187 e. The van der Waals surface area contributed by atoms with Gasteiger partial charge >= 0.3 is 0 Å². The molecule has 1 aliphatic heterocycles. The highest BCUT2D eigenvalue weighted by Crippen LogP contribution is 2.43. The average Bonchev–Trinajstić information content (AvgIpc) is 3.34. The van der Waals surface area contributed by atoms with Crippen LogP contribution < -0.4 is 14.2 Å². The number of Topliss-reactive ketones (excluding diaryl/α,β-unsaturated/α-hetero) is 2. The highest BCUT2D eigenvalue weighted by atomic mass is 19.1. The van der Waals surface area contributed by atoms with Gasteiger partial charge in [0.05, 0.1) is 25.3 Å². The van der Waals surface area contributed by atoms with Crippen molar-refractivity contribution in [3.05, 3.63) is 89.0 Å². The molecule has 2 N–H and O–H groups in total. The van der Waals surface area contributed by atoms with Gasteiger partial charge in [0.25, 0.3) is 0 Å². The van der Waals surface area contributed by atoms with Crippen molar-refractivity contribution >= 4 is 11.6 Å². The van der Waals surface area contributed by atoms with E-state index in [2.05, 4.69) is 10.3 Å². The molecule has 3 aromatic carbocycles. The number of carbonyl (C=O) groups excluding carboxylic acids is 2. The Morgan fingerprint density at radius 3 is 2.74 bits per heavy atom. The number of ketones is 2. The fraction of sp³-hybridized carbons (Fsp3) is 0.185. The van der Waals surface area contributed by atoms with E-state index in [9.17, 15) is 24.2 Å². The molecule has 1 aromatic heterocycles. The molecule has 0 saturated heterocycles. The number of phenols is 2. The number of hydrogen-bond donors (Lipinski definition) is 2. The largest absolute Gasteiger partial charge is 0.507 e. The molecule has 194 valence electrons. The van der Waals surface area contributed by atoms with Crippen LogP contribution in [-0.4, -0.2) is 43.9 Å². The molecule has 0 radical (unpaired) electrons. The minimum atomic E-state index is -0.687. The summed E-state index contributed by atoms with van der Waals surface area (Å²) in [5.41, 5.74) is 0.953. The number of methoxy groups -OCH3 is 1. The van der Waals surface area contributed by atoms with Crippen molar-refractivity contribution in [2.45, 2.75) is 25.7 Å². The van der Waals surface area contributed by atoms with E-state index in [0.717, 1.165) is 0 Å². The van der Waals surface area contributed by atoms with Gasteiger partial charge in [0.15, 0.2) is 23.1 Å². The molecule has 0 bridgehead atoms. The maximum atomic E-state index is 13.8. The molecule has 1 atom stereocenters. The van der Waals surface area contributed by atoms with Crippen LogP contribution in [0.2, 0.25) is 0 Å². The van der Waals surface area contributed by atoms with Gasteiger partial charge in [0, 0.05) is 12.1 Å². The zero-order valence-electron chi connectivity index (χ0n) is 20.1. The molecule has 1 aliphatic rings. The Morgan fingerprint density at radius 2 is 1.97 bits per heavy atom. The third-order valence-electron chi connectivity index (χ3n) is 6.00. The summed E-state index contributed by atoms with van der Waals surface area (Å²) < 4.78 is 31.9. The first-order valence-corrected chi connectivity index (χ1v) is 11.6. The van der Waals surface area contributed by atoms with Crippen molar-refractivity contribution in [2.24, 2.45) is 0 Å². The molecule has 4 aromatic rings. The Bertz CT molecular complexity index is 1540. The maximum absolute atomic E-state index is 13.8. The molecule has 38 heavy (non-hydrogen) atoms. The predicted molar refractivity (Wildman–Crippen MR) is 130 cm³/mol. The summed E-state index contributed by atoms with van der Waals surface area (Å²) in [7, 11) is 1.43. The van der Waals surface area contributed by atoms with E-state index in [1.807, 2.05) is 0 Å². The Hall–Kier alpha value is -4.93. The van der Waals surface area contributed by atoms with Crippen molar-refractivity contribution in [1.82, 2.24) is 15.0 Å². The summed E-state index contributed by atoms with van der Waals surface area (Å²) in [6, 6.07) is 13.2. The molecular weight excluding hydrogens is 497 g/mol. The number of aromatic hydroxyl groups is 2. The van der Waals surface area contributed by atoms with Crippen molar-refractivity contribution < 1.29 is 38.4 Å². The molecule has 10 nitrogen and oxygen atoms in total. The molecule has 0 unspecified atom stereocenters. The summed E-state index contributed by atoms with van der Waals surface area (Å²) in [5, 5.41) is 28.4. The number of phenolic OH excluding ortho intramolecular Hbond substituents is 2. The van der Waals surface area contributed by atoms with Crippen LogP contribution in [0.4, 0.5) is 4.39 Å². The molecule has 0 amide bonds. The molecule has 0 spiro atoms. The number of hydrogen-bond acceptors (Lipinski definition) is 9. The van der Waals surface area contributed by atoms with Gasteiger partial charge in [-0.25, -0.2) is 9.07 Å². The van der Waals surface area contributed by atoms with E-state index in [4.69, 9.17) is 14.2 Å². The average molecular weight is 519 g/mol. The quantitative estimate of drug-likeness (QED) is 0.331. The maximum Gasteiger partial charge on any atom is 0.187 e. The monoisotopic (exact) mass is 519 g/mol. The summed E-state index contributed by atoms with van der Waals surface area (Å²) in [5.74, 6) is -1.13. The van der Waals surface area contributed by atoms with E-state index in [-0.39, 0.29) is 65.2 Å². The number of benzene rings is 3. The number of nitrogens with zero attached hydrogens (tertiary/aromatic N) is 3. The summed E-state index contributed by atoms with van der Waals surface area (Å²) in [6.45, 7) is -0.262. The third-order valence-corrected chi connectivity index (χ3v) is 6.00. The number of ether oxygens (including phenoxy) is 3. The standard InChI is InChI=1S/C27H22FN3O7/c1-36-24-7-6-15(8-20(24)32)25-11-22(34)27-21(33)9-17(10-26(27)38-25)37-14-16-12-31(30-29-16)13-23(35)18-4-2-3-5-19(18)28/h2-10,12,25,32-33H,11,13-14H2,1H3/t25-/m0/s1. The van der Waals surface area contributed by atoms with Gasteiger partial charge in [-0.15, -0.1) is 5.10 Å². The molecule has 0 fully saturated rings. The predicted octanol–water partition coefficient (Wildman–Crippen LogP) is 4.01. The second-order valence-corrected chi connectivity index (χ2v) is 8.58. The normalized spacial score (nSPS) is 14.5. The van der Waals surface area contributed by atoms with Crippen LogP contribution in [0, 0.1) is 5.82 Å². The first-order chi connectivity index (χ1) is 18.3. The lowest BCUT2D eigenvalue weighted by atomic mass is 9.95. The van der Waals surface area contributed by atoms with Gasteiger partial charge in [-0.1, -0.05) is 23.4 Å². The zero-order valence-corrected chi connectivity index (χ0v) is 20.1. The van der Waals surface area contributed by atoms with Gasteiger partial charge in [0.2, 0.25) is 0 Å². The lowest BCUT2D eigenvalue weighted by Crippen LogP contribution is -2.20. The summed E-state index contributed by atoms with van der Waals surface area (Å²) >= 11 is 0. The van der Waals surface area contributed by atoms with Crippen molar-refractivity contribution in [3.63, 3.8) is 0 Å². The van der Waals surface area contributed by atoms with Crippen molar-refractivity contribution in [3.8, 4) is 28.7 Å². The molecule has 11 heteroatoms. The lowest BCUT2D eigenvalue weighted by molar-refractivity contribution is 0.0843. The highest BCUT2D eigenvalue weighted by Gasteiger charge is 2.31. The van der Waals surface area contributed by atoms with Gasteiger partial charge in [-0.2, -0.15) is 0 Å². The van der Waals surface area contributed by atoms with Crippen LogP contribution in [-0.2, 0) is 13.2 Å². The second-order valence-electron chi connectivity index (χ2n) is 8.58. The van der Waals surface area contributed by atoms with Crippen molar-refractivity contribution in [2.75, 3.05) is 7.11 Å². The van der Waals surface area contributed by atoms with Crippen LogP contribution in [0.15, 0.2) is 60.8 Å². The first-order valence-electron chi connectivity index (χ1n) is 11.6. The number of halogens is 1. The van der Waals surface area contributed by atoms with E-state index >= 15 is 0 Å². The van der Waals surface area contributed by atoms with E-state index in [1.54, 1.807) is 18.2 Å². The van der Waals surface area contributed by atoms with E-state index in [1.165, 1.54) is 54.4 Å². The minimum absolute atomic E-state index is 0.0265. The molecular formula is C27H22FN3O7. The fourth-order valence-corrected chi connectivity index (χ4v) is 4.15. The Kier molecular flexibility index (Phi) is 6.65. The Balaban J connectivity index is 1.28. The van der Waals surface area contributed by atoms with Crippen LogP contribution in [0.5, 0.6) is 28.7 Å². The highest BCUT2D eigenvalue weighted by molar-refractivity contribution is 6.02. The van der Waals surface area contributed by atoms with Gasteiger partial charge in [-0.3, -0.25) is 9.59 Å². The summed E-state index contributed by atoms with van der Waals surface area (Å²) in [4.78, 5) is 25.1.